The van der Waals surface area contributed by atoms with Gasteiger partial charge in [-0.1, -0.05) is 18.2 Å². The second kappa shape index (κ2) is 7.13. The highest BCUT2D eigenvalue weighted by Gasteiger charge is 2.47. The zero-order chi connectivity index (χ0) is 18.8. The maximum Gasteiger partial charge on any atom is 0.325 e. The maximum absolute atomic E-state index is 12.5. The topological polar surface area (TPSA) is 87.7 Å². The van der Waals surface area contributed by atoms with Crippen LogP contribution in [0.3, 0.4) is 0 Å². The van der Waals surface area contributed by atoms with Gasteiger partial charge in [-0.15, -0.1) is 0 Å². The smallest absolute Gasteiger partial charge is 0.325 e. The van der Waals surface area contributed by atoms with Crippen molar-refractivity contribution < 1.29 is 19.1 Å². The van der Waals surface area contributed by atoms with Gasteiger partial charge in [0.25, 0.3) is 5.91 Å². The summed E-state index contributed by atoms with van der Waals surface area (Å²) in [6.45, 7) is 6.64. The summed E-state index contributed by atoms with van der Waals surface area (Å²) in [6.07, 6.45) is 0.577. The molecule has 2 atom stereocenters. The number of methoxy groups -OCH3 is 1. The van der Waals surface area contributed by atoms with Gasteiger partial charge in [-0.25, -0.2) is 9.69 Å². The Labute approximate surface area is 147 Å². The number of amides is 4. The lowest BCUT2D eigenvalue weighted by atomic mass is 10.0. The van der Waals surface area contributed by atoms with Crippen molar-refractivity contribution in [2.75, 3.05) is 7.11 Å². The van der Waals surface area contributed by atoms with Gasteiger partial charge in [0, 0.05) is 6.04 Å². The van der Waals surface area contributed by atoms with Crippen molar-refractivity contribution in [1.29, 1.82) is 0 Å². The third-order valence-corrected chi connectivity index (χ3v) is 4.27. The molecule has 4 amide bonds. The Morgan fingerprint density at radius 3 is 2.48 bits per heavy atom. The lowest BCUT2D eigenvalue weighted by molar-refractivity contribution is -0.137. The van der Waals surface area contributed by atoms with E-state index in [0.29, 0.717) is 6.42 Å². The molecule has 7 heteroatoms. The highest BCUT2D eigenvalue weighted by Crippen LogP contribution is 2.20. The van der Waals surface area contributed by atoms with Gasteiger partial charge in [0.05, 0.1) is 7.11 Å². The molecule has 0 aliphatic carbocycles. The van der Waals surface area contributed by atoms with Crippen LogP contribution in [0.15, 0.2) is 24.3 Å². The highest BCUT2D eigenvalue weighted by atomic mass is 16.5. The first-order valence-corrected chi connectivity index (χ1v) is 8.25. The van der Waals surface area contributed by atoms with Crippen molar-refractivity contribution in [2.24, 2.45) is 0 Å². The Morgan fingerprint density at radius 1 is 1.28 bits per heavy atom. The lowest BCUT2D eigenvalue weighted by Gasteiger charge is -2.24. The molecule has 2 rings (SSSR count). The Balaban J connectivity index is 2.01. The van der Waals surface area contributed by atoms with E-state index < -0.39 is 23.5 Å². The second-order valence-corrected chi connectivity index (χ2v) is 6.83. The molecular weight excluding hydrogens is 322 g/mol. The van der Waals surface area contributed by atoms with Gasteiger partial charge in [-0.2, -0.15) is 0 Å². The Morgan fingerprint density at radius 2 is 1.92 bits per heavy atom. The van der Waals surface area contributed by atoms with Crippen LogP contribution in [0.2, 0.25) is 0 Å². The van der Waals surface area contributed by atoms with E-state index in [1.54, 1.807) is 27.9 Å². The fourth-order valence-corrected chi connectivity index (χ4v) is 2.86. The van der Waals surface area contributed by atoms with Gasteiger partial charge in [0.1, 0.15) is 17.3 Å². The van der Waals surface area contributed by atoms with Crippen molar-refractivity contribution in [3.63, 3.8) is 0 Å². The molecule has 0 saturated carbocycles. The van der Waals surface area contributed by atoms with Crippen LogP contribution < -0.4 is 15.4 Å². The minimum atomic E-state index is -0.991. The number of benzene rings is 1. The van der Waals surface area contributed by atoms with Gasteiger partial charge >= 0.3 is 6.03 Å². The average molecular weight is 347 g/mol. The van der Waals surface area contributed by atoms with E-state index in [0.717, 1.165) is 16.2 Å². The first-order valence-electron chi connectivity index (χ1n) is 8.25. The minimum Gasteiger partial charge on any atom is -0.496 e. The summed E-state index contributed by atoms with van der Waals surface area (Å²) in [6, 6.07) is 5.98. The van der Waals surface area contributed by atoms with Crippen LogP contribution in [0, 0.1) is 0 Å². The number of rotatable bonds is 6. The predicted octanol–water partition coefficient (Wildman–Crippen LogP) is 1.46. The fourth-order valence-electron chi connectivity index (χ4n) is 2.86. The van der Waals surface area contributed by atoms with Crippen molar-refractivity contribution in [3.05, 3.63) is 29.8 Å². The lowest BCUT2D eigenvalue weighted by Crippen LogP contribution is -2.51. The van der Waals surface area contributed by atoms with Crippen molar-refractivity contribution in [1.82, 2.24) is 15.5 Å². The average Bonchev–Trinajstić information content (AvgIpc) is 2.74. The number of nitrogens with zero attached hydrogens (tertiary/aromatic N) is 1. The molecule has 1 aliphatic rings. The molecular formula is C18H25N3O4. The second-order valence-electron chi connectivity index (χ2n) is 6.83. The number of ether oxygens (including phenoxy) is 1. The van der Waals surface area contributed by atoms with Gasteiger partial charge in [0.15, 0.2) is 0 Å². The van der Waals surface area contributed by atoms with Crippen molar-refractivity contribution in [2.45, 2.75) is 51.7 Å². The number of hydrogen-bond acceptors (Lipinski definition) is 4. The molecule has 1 heterocycles. The number of carbonyl (C=O) groups excluding carboxylic acids is 3. The molecule has 1 aromatic carbocycles. The quantitative estimate of drug-likeness (QED) is 0.763. The normalized spacial score (nSPS) is 18.5. The Kier molecular flexibility index (Phi) is 5.35. The third-order valence-electron chi connectivity index (χ3n) is 4.27. The number of nitrogens with one attached hydrogen (secondary N) is 2. The van der Waals surface area contributed by atoms with Crippen LogP contribution in [0.1, 0.15) is 33.3 Å². The SMILES string of the molecule is COc1ccccc1C[C@H](C)NC(=O)[C@@H](C)N1C(=O)NC(C)(C)C1=O. The Bertz CT molecular complexity index is 687. The third kappa shape index (κ3) is 3.92. The summed E-state index contributed by atoms with van der Waals surface area (Å²) in [5, 5.41) is 5.43. The number of para-hydroxylation sites is 1. The van der Waals surface area contributed by atoms with Crippen molar-refractivity contribution in [3.8, 4) is 5.75 Å². The van der Waals surface area contributed by atoms with Gasteiger partial charge in [-0.3, -0.25) is 9.59 Å². The van der Waals surface area contributed by atoms with Crippen LogP contribution in [0.4, 0.5) is 4.79 Å². The molecule has 0 spiro atoms. The van der Waals surface area contributed by atoms with Gasteiger partial charge < -0.3 is 15.4 Å². The van der Waals surface area contributed by atoms with E-state index in [1.807, 2.05) is 31.2 Å². The molecule has 25 heavy (non-hydrogen) atoms. The van der Waals surface area contributed by atoms with Crippen LogP contribution in [0.25, 0.3) is 0 Å². The Hall–Kier alpha value is -2.57. The van der Waals surface area contributed by atoms with E-state index in [-0.39, 0.29) is 11.9 Å². The van der Waals surface area contributed by atoms with Crippen LogP contribution >= 0.6 is 0 Å². The molecule has 7 nitrogen and oxygen atoms in total. The molecule has 0 radical (unpaired) electrons. The number of urea groups is 1. The van der Waals surface area contributed by atoms with Crippen molar-refractivity contribution >= 4 is 17.8 Å². The molecule has 0 unspecified atom stereocenters. The zero-order valence-electron chi connectivity index (χ0n) is 15.3. The summed E-state index contributed by atoms with van der Waals surface area (Å²) in [5.41, 5.74) is -0.0177. The van der Waals surface area contributed by atoms with E-state index in [1.165, 1.54) is 0 Å². The van der Waals surface area contributed by atoms with Gasteiger partial charge in [-0.05, 0) is 45.7 Å². The first kappa shape index (κ1) is 18.8. The van der Waals surface area contributed by atoms with Crippen LogP contribution in [-0.4, -0.2) is 47.5 Å². The molecule has 2 N–H and O–H groups in total. The largest absolute Gasteiger partial charge is 0.496 e. The molecule has 1 aromatic rings. The molecule has 1 fully saturated rings. The molecule has 136 valence electrons. The van der Waals surface area contributed by atoms with Crippen LogP contribution in [0.5, 0.6) is 5.75 Å². The monoisotopic (exact) mass is 347 g/mol. The fraction of sp³-hybridized carbons (Fsp3) is 0.500. The molecule has 0 bridgehead atoms. The number of carbonyl (C=O) groups is 3. The van der Waals surface area contributed by atoms with E-state index in [4.69, 9.17) is 4.74 Å². The van der Waals surface area contributed by atoms with E-state index >= 15 is 0 Å². The van der Waals surface area contributed by atoms with Gasteiger partial charge in [0.2, 0.25) is 5.91 Å². The number of imide groups is 1. The highest BCUT2D eigenvalue weighted by molar-refractivity contribution is 6.09. The van der Waals surface area contributed by atoms with Crippen LogP contribution in [-0.2, 0) is 16.0 Å². The first-order chi connectivity index (χ1) is 11.7. The minimum absolute atomic E-state index is 0.181. The number of hydrogen-bond donors (Lipinski definition) is 2. The van der Waals surface area contributed by atoms with E-state index in [9.17, 15) is 14.4 Å². The summed E-state index contributed by atoms with van der Waals surface area (Å²) < 4.78 is 5.31. The summed E-state index contributed by atoms with van der Waals surface area (Å²) >= 11 is 0. The van der Waals surface area contributed by atoms with E-state index in [2.05, 4.69) is 10.6 Å². The predicted molar refractivity (Wildman–Crippen MR) is 93.2 cm³/mol. The summed E-state index contributed by atoms with van der Waals surface area (Å²) in [5.74, 6) is -0.0198. The maximum atomic E-state index is 12.5. The zero-order valence-corrected chi connectivity index (χ0v) is 15.3. The molecule has 1 aliphatic heterocycles. The standard InChI is InChI=1S/C18H25N3O4/c1-11(10-13-8-6-7-9-14(13)25-5)19-15(22)12(2)21-16(23)18(3,4)20-17(21)24/h6-9,11-12H,10H2,1-5H3,(H,19,22)(H,20,24)/t11-,12+/m0/s1. The summed E-state index contributed by atoms with van der Waals surface area (Å²) in [4.78, 5) is 37.7. The summed E-state index contributed by atoms with van der Waals surface area (Å²) in [7, 11) is 1.60. The molecule has 0 aromatic heterocycles. The molecule has 1 saturated heterocycles.